The van der Waals surface area contributed by atoms with Crippen LogP contribution in [0.1, 0.15) is 13.8 Å². The molecule has 1 amide bonds. The molecule has 1 N–H and O–H groups in total. The van der Waals surface area contributed by atoms with Crippen molar-refractivity contribution in [3.63, 3.8) is 0 Å². The number of nitrogens with zero attached hydrogens (tertiary/aromatic N) is 4. The second-order valence-corrected chi connectivity index (χ2v) is 8.61. The number of anilines is 1. The van der Waals surface area contributed by atoms with Gasteiger partial charge in [0.25, 0.3) is 0 Å². The van der Waals surface area contributed by atoms with Crippen LogP contribution in [0.25, 0.3) is 22.0 Å². The Kier molecular flexibility index (Phi) is 5.50. The van der Waals surface area contributed by atoms with E-state index >= 15 is 4.39 Å². The molecule has 1 aliphatic rings. The summed E-state index contributed by atoms with van der Waals surface area (Å²) in [4.78, 5) is 24.3. The molecule has 2 aromatic carbocycles. The van der Waals surface area contributed by atoms with E-state index in [1.807, 2.05) is 18.7 Å². The fourth-order valence-corrected chi connectivity index (χ4v) is 4.50. The molecule has 0 saturated carbocycles. The second kappa shape index (κ2) is 8.02. The van der Waals surface area contributed by atoms with Crippen LogP contribution in [0, 0.1) is 11.6 Å². The van der Waals surface area contributed by atoms with E-state index in [2.05, 4.69) is 16.5 Å². The third kappa shape index (κ3) is 3.54. The van der Waals surface area contributed by atoms with Crippen LogP contribution in [0.15, 0.2) is 43.2 Å². The minimum Gasteiger partial charge on any atom is -0.507 e. The van der Waals surface area contributed by atoms with Crippen LogP contribution in [-0.2, 0) is 4.79 Å². The molecule has 0 spiro atoms. The Morgan fingerprint density at radius 1 is 1.25 bits per heavy atom. The molecule has 0 bridgehead atoms. The zero-order chi connectivity index (χ0) is 23.2. The van der Waals surface area contributed by atoms with E-state index in [-0.39, 0.29) is 27.6 Å². The van der Waals surface area contributed by atoms with Crippen molar-refractivity contribution in [2.24, 2.45) is 0 Å². The number of amides is 1. The molecular weight excluding hydrogens is 438 g/mol. The molecule has 1 aromatic heterocycles. The number of fused-ring (bicyclic) bond motifs is 1. The van der Waals surface area contributed by atoms with Crippen molar-refractivity contribution in [1.29, 1.82) is 0 Å². The third-order valence-corrected chi connectivity index (χ3v) is 5.98. The minimum absolute atomic E-state index is 0.0422. The highest BCUT2D eigenvalue weighted by atomic mass is 35.5. The SMILES string of the molecule is C=CC(=O)N1CCN(c2ncnc3c(F)c(-c4c(O)cccc4F)c(Cl)cc23)CC1(C)C. The van der Waals surface area contributed by atoms with E-state index in [9.17, 15) is 14.3 Å². The molecule has 1 saturated heterocycles. The van der Waals surface area contributed by atoms with Crippen molar-refractivity contribution < 1.29 is 18.7 Å². The molecule has 1 aliphatic heterocycles. The molecule has 9 heteroatoms. The minimum atomic E-state index is -0.851. The fraction of sp³-hybridized carbons (Fsp3) is 0.261. The summed E-state index contributed by atoms with van der Waals surface area (Å²) in [6.45, 7) is 8.74. The summed E-state index contributed by atoms with van der Waals surface area (Å²) in [5.74, 6) is -1.78. The summed E-state index contributed by atoms with van der Waals surface area (Å²) in [7, 11) is 0. The summed E-state index contributed by atoms with van der Waals surface area (Å²) in [5.41, 5.74) is -1.16. The first-order valence-electron chi connectivity index (χ1n) is 9.95. The smallest absolute Gasteiger partial charge is 0.246 e. The molecule has 2 heterocycles. The maximum Gasteiger partial charge on any atom is 0.246 e. The molecule has 3 aromatic rings. The van der Waals surface area contributed by atoms with Gasteiger partial charge in [-0.25, -0.2) is 18.7 Å². The van der Waals surface area contributed by atoms with E-state index in [0.717, 1.165) is 6.07 Å². The Morgan fingerprint density at radius 2 is 2.00 bits per heavy atom. The molecule has 1 fully saturated rings. The normalized spacial score (nSPS) is 15.8. The van der Waals surface area contributed by atoms with Gasteiger partial charge in [0.15, 0.2) is 5.82 Å². The number of aromatic hydroxyl groups is 1. The monoisotopic (exact) mass is 458 g/mol. The van der Waals surface area contributed by atoms with E-state index in [1.54, 1.807) is 4.90 Å². The quantitative estimate of drug-likeness (QED) is 0.583. The Labute approximate surface area is 188 Å². The molecule has 0 atom stereocenters. The van der Waals surface area contributed by atoms with Crippen LogP contribution >= 0.6 is 11.6 Å². The van der Waals surface area contributed by atoms with Crippen LogP contribution in [0.2, 0.25) is 5.02 Å². The number of phenolic OH excluding ortho intramolecular Hbond substituents is 1. The summed E-state index contributed by atoms with van der Waals surface area (Å²) in [6.07, 6.45) is 2.51. The molecule has 6 nitrogen and oxygen atoms in total. The number of hydrogen-bond acceptors (Lipinski definition) is 5. The lowest BCUT2D eigenvalue weighted by molar-refractivity contribution is -0.131. The van der Waals surface area contributed by atoms with Crippen LogP contribution in [0.5, 0.6) is 5.75 Å². The van der Waals surface area contributed by atoms with E-state index in [4.69, 9.17) is 11.6 Å². The van der Waals surface area contributed by atoms with Crippen molar-refractivity contribution in [3.05, 3.63) is 59.9 Å². The van der Waals surface area contributed by atoms with Gasteiger partial charge in [-0.3, -0.25) is 4.79 Å². The lowest BCUT2D eigenvalue weighted by Gasteiger charge is -2.47. The van der Waals surface area contributed by atoms with Crippen molar-refractivity contribution >= 4 is 34.2 Å². The van der Waals surface area contributed by atoms with E-state index < -0.39 is 22.9 Å². The van der Waals surface area contributed by atoms with Crippen LogP contribution < -0.4 is 4.90 Å². The van der Waals surface area contributed by atoms with Gasteiger partial charge in [-0.1, -0.05) is 24.2 Å². The number of hydrogen-bond donors (Lipinski definition) is 1. The van der Waals surface area contributed by atoms with Crippen LogP contribution in [-0.4, -0.2) is 51.1 Å². The molecule has 0 aliphatic carbocycles. The fourth-order valence-electron chi connectivity index (χ4n) is 4.21. The van der Waals surface area contributed by atoms with Gasteiger partial charge < -0.3 is 14.9 Å². The maximum absolute atomic E-state index is 15.6. The molecule has 0 radical (unpaired) electrons. The summed E-state index contributed by atoms with van der Waals surface area (Å²) in [5, 5.41) is 10.4. The van der Waals surface area contributed by atoms with Gasteiger partial charge in [-0.2, -0.15) is 0 Å². The summed E-state index contributed by atoms with van der Waals surface area (Å²) < 4.78 is 30.0. The standard InChI is InChI=1S/C23H21ClF2N4O2/c1-4-17(32)30-9-8-29(11-23(30,2)3)22-13-10-14(24)18(20(26)21(13)27-12-28-22)19-15(25)6-5-7-16(19)31/h4-7,10,12,31H,1,8-9,11H2,2-3H3. The number of benzene rings is 2. The first-order chi connectivity index (χ1) is 15.2. The van der Waals surface area contributed by atoms with Gasteiger partial charge in [-0.15, -0.1) is 0 Å². The topological polar surface area (TPSA) is 69.6 Å². The number of piperazine rings is 1. The molecule has 0 unspecified atom stereocenters. The van der Waals surface area contributed by atoms with Gasteiger partial charge >= 0.3 is 0 Å². The van der Waals surface area contributed by atoms with Gasteiger partial charge in [0.05, 0.1) is 16.1 Å². The zero-order valence-electron chi connectivity index (χ0n) is 17.6. The van der Waals surface area contributed by atoms with Crippen molar-refractivity contribution in [2.45, 2.75) is 19.4 Å². The Morgan fingerprint density at radius 3 is 2.66 bits per heavy atom. The predicted octanol–water partition coefficient (Wildman–Crippen LogP) is 4.55. The summed E-state index contributed by atoms with van der Waals surface area (Å²) >= 11 is 6.38. The molecule has 32 heavy (non-hydrogen) atoms. The highest BCUT2D eigenvalue weighted by Gasteiger charge is 2.37. The number of carbonyl (C=O) groups is 1. The van der Waals surface area contributed by atoms with E-state index in [1.165, 1.54) is 30.6 Å². The number of halogens is 3. The molecule has 4 rings (SSSR count). The average Bonchev–Trinajstić information content (AvgIpc) is 2.74. The number of carbonyl (C=O) groups excluding carboxylic acids is 1. The maximum atomic E-state index is 15.6. The number of rotatable bonds is 3. The largest absolute Gasteiger partial charge is 0.507 e. The summed E-state index contributed by atoms with van der Waals surface area (Å²) in [6, 6.07) is 5.17. The van der Waals surface area contributed by atoms with Gasteiger partial charge in [0.2, 0.25) is 5.91 Å². The van der Waals surface area contributed by atoms with Gasteiger partial charge in [-0.05, 0) is 38.1 Å². The third-order valence-electron chi connectivity index (χ3n) is 5.68. The lowest BCUT2D eigenvalue weighted by atomic mass is 9.97. The van der Waals surface area contributed by atoms with Crippen molar-refractivity contribution in [3.8, 4) is 16.9 Å². The highest BCUT2D eigenvalue weighted by Crippen LogP contribution is 2.42. The zero-order valence-corrected chi connectivity index (χ0v) is 18.3. The van der Waals surface area contributed by atoms with Gasteiger partial charge in [0.1, 0.15) is 29.2 Å². The second-order valence-electron chi connectivity index (χ2n) is 8.20. The first kappa shape index (κ1) is 22.0. The Bertz CT molecular complexity index is 1230. The number of aromatic nitrogens is 2. The number of phenols is 1. The Hall–Kier alpha value is -3.26. The molecular formula is C23H21ClF2N4O2. The van der Waals surface area contributed by atoms with Crippen LogP contribution in [0.4, 0.5) is 14.6 Å². The lowest BCUT2D eigenvalue weighted by Crippen LogP contribution is -2.61. The van der Waals surface area contributed by atoms with Crippen molar-refractivity contribution in [2.75, 3.05) is 24.5 Å². The van der Waals surface area contributed by atoms with E-state index in [0.29, 0.717) is 30.8 Å². The Balaban J connectivity index is 1.83. The predicted molar refractivity (Wildman–Crippen MR) is 120 cm³/mol. The van der Waals surface area contributed by atoms with Crippen molar-refractivity contribution in [1.82, 2.24) is 14.9 Å². The molecule has 166 valence electrons. The first-order valence-corrected chi connectivity index (χ1v) is 10.3. The van der Waals surface area contributed by atoms with Crippen LogP contribution in [0.3, 0.4) is 0 Å². The van der Waals surface area contributed by atoms with Gasteiger partial charge in [0, 0.05) is 30.6 Å². The average molecular weight is 459 g/mol. The highest BCUT2D eigenvalue weighted by molar-refractivity contribution is 6.34.